The molecule has 1 N–H and O–H groups in total. The van der Waals surface area contributed by atoms with Crippen molar-refractivity contribution in [2.24, 2.45) is 0 Å². The molecular formula is C9H16N2O. The number of aliphatic hydroxyl groups is 1. The Morgan fingerprint density at radius 1 is 1.50 bits per heavy atom. The second-order valence-electron chi connectivity index (χ2n) is 3.84. The highest BCUT2D eigenvalue weighted by Gasteiger charge is 2.28. The largest absolute Gasteiger partial charge is 0.390 e. The number of nitrogens with zero attached hydrogens (tertiary/aromatic N) is 2. The smallest absolute Gasteiger partial charge is 0.0949 e. The van der Waals surface area contributed by atoms with Gasteiger partial charge in [-0.2, -0.15) is 5.26 Å². The molecule has 0 radical (unpaired) electrons. The molecule has 1 unspecified atom stereocenters. The molecule has 0 amide bonds. The van der Waals surface area contributed by atoms with E-state index in [1.807, 2.05) is 13.8 Å². The lowest BCUT2D eigenvalue weighted by molar-refractivity contribution is -0.00940. The molecule has 0 bridgehead atoms. The first kappa shape index (κ1) is 9.50. The van der Waals surface area contributed by atoms with E-state index in [-0.39, 0.29) is 6.04 Å². The van der Waals surface area contributed by atoms with Gasteiger partial charge in [-0.3, -0.25) is 4.90 Å². The molecule has 0 aromatic carbocycles. The van der Waals surface area contributed by atoms with Gasteiger partial charge in [0, 0.05) is 13.1 Å². The molecule has 0 aromatic rings. The SMILES string of the molecule is CC(C#N)N1CCC(C)(O)CC1. The zero-order valence-corrected chi connectivity index (χ0v) is 7.75. The second kappa shape index (κ2) is 3.42. The average molecular weight is 168 g/mol. The first-order chi connectivity index (χ1) is 5.55. The highest BCUT2D eigenvalue weighted by Crippen LogP contribution is 2.21. The van der Waals surface area contributed by atoms with Gasteiger partial charge in [-0.15, -0.1) is 0 Å². The summed E-state index contributed by atoms with van der Waals surface area (Å²) in [5.41, 5.74) is -0.508. The van der Waals surface area contributed by atoms with E-state index in [9.17, 15) is 5.11 Å². The molecule has 1 aliphatic rings. The molecule has 1 aliphatic heterocycles. The molecule has 0 saturated carbocycles. The normalized spacial score (nSPS) is 26.2. The fourth-order valence-corrected chi connectivity index (χ4v) is 1.47. The minimum absolute atomic E-state index is 0.0129. The number of piperidine rings is 1. The Hall–Kier alpha value is -0.590. The molecule has 3 nitrogen and oxygen atoms in total. The predicted molar refractivity (Wildman–Crippen MR) is 46.5 cm³/mol. The lowest BCUT2D eigenvalue weighted by atomic mass is 9.93. The van der Waals surface area contributed by atoms with Crippen molar-refractivity contribution in [2.75, 3.05) is 13.1 Å². The Morgan fingerprint density at radius 2 is 2.00 bits per heavy atom. The Bertz CT molecular complexity index is 185. The van der Waals surface area contributed by atoms with Crippen molar-refractivity contribution in [3.8, 4) is 6.07 Å². The molecule has 0 spiro atoms. The Kier molecular flexibility index (Phi) is 2.71. The number of likely N-dealkylation sites (tertiary alicyclic amines) is 1. The highest BCUT2D eigenvalue weighted by molar-refractivity contribution is 4.92. The van der Waals surface area contributed by atoms with E-state index in [4.69, 9.17) is 5.26 Å². The van der Waals surface area contributed by atoms with Gasteiger partial charge < -0.3 is 5.11 Å². The summed E-state index contributed by atoms with van der Waals surface area (Å²) in [5, 5.41) is 18.3. The van der Waals surface area contributed by atoms with Crippen molar-refractivity contribution in [2.45, 2.75) is 38.3 Å². The van der Waals surface area contributed by atoms with Gasteiger partial charge in [0.1, 0.15) is 0 Å². The van der Waals surface area contributed by atoms with Crippen LogP contribution in [0.15, 0.2) is 0 Å². The van der Waals surface area contributed by atoms with Crippen LogP contribution < -0.4 is 0 Å². The van der Waals surface area contributed by atoms with Crippen molar-refractivity contribution in [3.63, 3.8) is 0 Å². The van der Waals surface area contributed by atoms with Crippen LogP contribution in [0.1, 0.15) is 26.7 Å². The Balaban J connectivity index is 2.42. The molecule has 68 valence electrons. The first-order valence-corrected chi connectivity index (χ1v) is 4.41. The van der Waals surface area contributed by atoms with Gasteiger partial charge in [-0.1, -0.05) is 0 Å². The van der Waals surface area contributed by atoms with E-state index >= 15 is 0 Å². The van der Waals surface area contributed by atoms with E-state index in [1.54, 1.807) is 0 Å². The zero-order chi connectivity index (χ0) is 9.19. The third kappa shape index (κ3) is 2.20. The summed E-state index contributed by atoms with van der Waals surface area (Å²) < 4.78 is 0. The van der Waals surface area contributed by atoms with Crippen LogP contribution in [0.25, 0.3) is 0 Å². The average Bonchev–Trinajstić information content (AvgIpc) is 2.03. The number of hydrogen-bond donors (Lipinski definition) is 1. The number of nitriles is 1. The van der Waals surface area contributed by atoms with Crippen LogP contribution in [0.2, 0.25) is 0 Å². The van der Waals surface area contributed by atoms with Gasteiger partial charge in [0.25, 0.3) is 0 Å². The highest BCUT2D eigenvalue weighted by atomic mass is 16.3. The summed E-state index contributed by atoms with van der Waals surface area (Å²) in [6, 6.07) is 2.19. The fourth-order valence-electron chi connectivity index (χ4n) is 1.47. The molecule has 1 atom stereocenters. The van der Waals surface area contributed by atoms with Crippen LogP contribution in [-0.4, -0.2) is 34.7 Å². The summed E-state index contributed by atoms with van der Waals surface area (Å²) in [6.45, 7) is 5.44. The van der Waals surface area contributed by atoms with Gasteiger partial charge >= 0.3 is 0 Å². The molecule has 1 fully saturated rings. The van der Waals surface area contributed by atoms with Crippen molar-refractivity contribution < 1.29 is 5.11 Å². The minimum atomic E-state index is -0.508. The molecule has 12 heavy (non-hydrogen) atoms. The Labute approximate surface area is 73.6 Å². The van der Waals surface area contributed by atoms with Crippen molar-refractivity contribution in [1.82, 2.24) is 4.90 Å². The summed E-state index contributed by atoms with van der Waals surface area (Å²) in [7, 11) is 0. The maximum absolute atomic E-state index is 9.64. The first-order valence-electron chi connectivity index (χ1n) is 4.41. The molecule has 1 rings (SSSR count). The van der Waals surface area contributed by atoms with Crippen molar-refractivity contribution in [3.05, 3.63) is 0 Å². The molecule has 1 heterocycles. The molecular weight excluding hydrogens is 152 g/mol. The third-order valence-corrected chi connectivity index (χ3v) is 2.61. The van der Waals surface area contributed by atoms with Gasteiger partial charge in [0.2, 0.25) is 0 Å². The van der Waals surface area contributed by atoms with Crippen LogP contribution >= 0.6 is 0 Å². The van der Waals surface area contributed by atoms with E-state index in [2.05, 4.69) is 11.0 Å². The quantitative estimate of drug-likeness (QED) is 0.628. The second-order valence-corrected chi connectivity index (χ2v) is 3.84. The van der Waals surface area contributed by atoms with E-state index in [0.717, 1.165) is 25.9 Å². The maximum Gasteiger partial charge on any atom is 0.0949 e. The molecule has 0 aliphatic carbocycles. The summed E-state index contributed by atoms with van der Waals surface area (Å²) in [6.07, 6.45) is 1.55. The minimum Gasteiger partial charge on any atom is -0.390 e. The summed E-state index contributed by atoms with van der Waals surface area (Å²) >= 11 is 0. The van der Waals surface area contributed by atoms with E-state index < -0.39 is 5.60 Å². The summed E-state index contributed by atoms with van der Waals surface area (Å²) in [5.74, 6) is 0. The topological polar surface area (TPSA) is 47.3 Å². The zero-order valence-electron chi connectivity index (χ0n) is 7.75. The standard InChI is InChI=1S/C9H16N2O/c1-8(7-10)11-5-3-9(2,12)4-6-11/h8,12H,3-6H2,1-2H3. The Morgan fingerprint density at radius 3 is 2.42 bits per heavy atom. The number of rotatable bonds is 1. The third-order valence-electron chi connectivity index (χ3n) is 2.61. The van der Waals surface area contributed by atoms with E-state index in [1.165, 1.54) is 0 Å². The van der Waals surface area contributed by atoms with Crippen molar-refractivity contribution in [1.29, 1.82) is 5.26 Å². The van der Waals surface area contributed by atoms with Crippen LogP contribution in [0, 0.1) is 11.3 Å². The van der Waals surface area contributed by atoms with Crippen LogP contribution in [0.4, 0.5) is 0 Å². The fraction of sp³-hybridized carbons (Fsp3) is 0.889. The van der Waals surface area contributed by atoms with Crippen LogP contribution in [0.5, 0.6) is 0 Å². The van der Waals surface area contributed by atoms with Crippen LogP contribution in [-0.2, 0) is 0 Å². The monoisotopic (exact) mass is 168 g/mol. The molecule has 1 saturated heterocycles. The van der Waals surface area contributed by atoms with Gasteiger partial charge in [0.15, 0.2) is 0 Å². The predicted octanol–water partition coefficient (Wildman–Crippen LogP) is 0.745. The summed E-state index contributed by atoms with van der Waals surface area (Å²) in [4.78, 5) is 2.11. The van der Waals surface area contributed by atoms with E-state index in [0.29, 0.717) is 0 Å². The molecule has 3 heteroatoms. The van der Waals surface area contributed by atoms with Gasteiger partial charge in [-0.25, -0.2) is 0 Å². The van der Waals surface area contributed by atoms with Crippen molar-refractivity contribution >= 4 is 0 Å². The lowest BCUT2D eigenvalue weighted by Crippen LogP contribution is -2.45. The van der Waals surface area contributed by atoms with Gasteiger partial charge in [-0.05, 0) is 26.7 Å². The van der Waals surface area contributed by atoms with Gasteiger partial charge in [0.05, 0.1) is 17.7 Å². The lowest BCUT2D eigenvalue weighted by Gasteiger charge is -2.36. The maximum atomic E-state index is 9.64. The van der Waals surface area contributed by atoms with Crippen LogP contribution in [0.3, 0.4) is 0 Å². The molecule has 0 aromatic heterocycles. The number of hydrogen-bond acceptors (Lipinski definition) is 3.